The van der Waals surface area contributed by atoms with Crippen molar-refractivity contribution in [1.82, 2.24) is 4.98 Å². The number of nitrogens with zero attached hydrogens (tertiary/aromatic N) is 1. The number of carbonyl (C=O) groups excluding carboxylic acids is 1. The maximum Gasteiger partial charge on any atom is 0.179 e. The lowest BCUT2D eigenvalue weighted by molar-refractivity contribution is 0.0961. The molecule has 0 saturated heterocycles. The van der Waals surface area contributed by atoms with E-state index in [1.54, 1.807) is 30.1 Å². The Bertz CT molecular complexity index is 1030. The number of hydrogen-bond acceptors (Lipinski definition) is 5. The van der Waals surface area contributed by atoms with Gasteiger partial charge in [0.15, 0.2) is 5.78 Å². The van der Waals surface area contributed by atoms with Gasteiger partial charge in [-0.05, 0) is 50.6 Å². The number of nitrogens with one attached hydrogen (secondary N) is 1. The molecular weight excluding hydrogens is 332 g/mol. The van der Waals surface area contributed by atoms with Crippen LogP contribution in [-0.2, 0) is 0 Å². The highest BCUT2D eigenvalue weighted by molar-refractivity contribution is 8.02. The first-order chi connectivity index (χ1) is 11.8. The number of carbonyl (C=O) groups is 1. The molecule has 2 heterocycles. The second kappa shape index (κ2) is 5.49. The summed E-state index contributed by atoms with van der Waals surface area (Å²) in [6.07, 6.45) is 1.73. The number of hydrogen-bond donors (Lipinski definition) is 2. The first kappa shape index (κ1) is 16.0. The second-order valence-corrected chi connectivity index (χ2v) is 8.45. The van der Waals surface area contributed by atoms with Crippen molar-refractivity contribution in [3.8, 4) is 5.75 Å². The monoisotopic (exact) mass is 350 g/mol. The topological polar surface area (TPSA) is 62.2 Å². The third-order valence-electron chi connectivity index (χ3n) is 4.49. The lowest BCUT2D eigenvalue weighted by Gasteiger charge is -2.13. The van der Waals surface area contributed by atoms with E-state index in [4.69, 9.17) is 0 Å². The Labute approximate surface area is 150 Å². The Balaban J connectivity index is 1.84. The molecular formula is C20H18N2O2S. The molecule has 3 aromatic rings. The normalized spacial score (nSPS) is 15.4. The van der Waals surface area contributed by atoms with Crippen molar-refractivity contribution in [2.24, 2.45) is 0 Å². The van der Waals surface area contributed by atoms with Gasteiger partial charge in [0.05, 0.1) is 10.3 Å². The van der Waals surface area contributed by atoms with Crippen LogP contribution in [0.25, 0.3) is 10.9 Å². The molecule has 2 N–H and O–H groups in total. The van der Waals surface area contributed by atoms with E-state index in [1.807, 2.05) is 45.0 Å². The molecule has 5 heteroatoms. The van der Waals surface area contributed by atoms with Crippen molar-refractivity contribution < 1.29 is 9.90 Å². The van der Waals surface area contributed by atoms with Gasteiger partial charge in [0.1, 0.15) is 5.75 Å². The van der Waals surface area contributed by atoms with Gasteiger partial charge in [-0.1, -0.05) is 6.07 Å². The van der Waals surface area contributed by atoms with Crippen LogP contribution in [-0.4, -0.2) is 20.6 Å². The summed E-state index contributed by atoms with van der Waals surface area (Å²) in [6.45, 7) is 5.89. The number of phenolic OH excluding ortho intramolecular Hbond substituents is 1. The molecule has 0 aliphatic carbocycles. The number of Topliss-reactive ketones (excluding diaryl/α,β-unsaturated/α-hetero) is 1. The van der Waals surface area contributed by atoms with Crippen LogP contribution in [0.4, 0.5) is 11.4 Å². The highest BCUT2D eigenvalue weighted by Crippen LogP contribution is 2.46. The summed E-state index contributed by atoms with van der Waals surface area (Å²) in [4.78, 5) is 18.0. The number of aryl methyl sites for hydroxylation is 1. The van der Waals surface area contributed by atoms with E-state index in [0.29, 0.717) is 0 Å². The number of phenols is 1. The molecule has 4 nitrogen and oxygen atoms in total. The molecule has 0 spiro atoms. The minimum absolute atomic E-state index is 0.151. The number of benzene rings is 2. The molecule has 0 fully saturated rings. The minimum Gasteiger partial charge on any atom is -0.508 e. The van der Waals surface area contributed by atoms with Crippen molar-refractivity contribution >= 4 is 39.8 Å². The zero-order chi connectivity index (χ0) is 17.8. The van der Waals surface area contributed by atoms with E-state index in [-0.39, 0.29) is 11.5 Å². The van der Waals surface area contributed by atoms with Gasteiger partial charge in [-0.25, -0.2) is 0 Å². The smallest absolute Gasteiger partial charge is 0.179 e. The Kier molecular flexibility index (Phi) is 3.51. The van der Waals surface area contributed by atoms with E-state index in [2.05, 4.69) is 10.3 Å². The van der Waals surface area contributed by atoms with Crippen LogP contribution in [0.2, 0.25) is 0 Å². The van der Waals surface area contributed by atoms with Gasteiger partial charge >= 0.3 is 0 Å². The summed E-state index contributed by atoms with van der Waals surface area (Å²) in [5, 5.41) is 14.1. The van der Waals surface area contributed by atoms with E-state index < -0.39 is 4.75 Å². The third kappa shape index (κ3) is 2.65. The number of anilines is 2. The average molecular weight is 350 g/mol. The fourth-order valence-electron chi connectivity index (χ4n) is 3.08. The molecule has 4 rings (SSSR count). The summed E-state index contributed by atoms with van der Waals surface area (Å²) in [5.74, 6) is 0.369. The molecule has 2 aromatic carbocycles. The molecule has 0 unspecified atom stereocenters. The van der Waals surface area contributed by atoms with Crippen LogP contribution in [0.5, 0.6) is 5.75 Å². The van der Waals surface area contributed by atoms with Crippen molar-refractivity contribution in [2.75, 3.05) is 5.32 Å². The predicted molar refractivity (Wildman–Crippen MR) is 102 cm³/mol. The molecule has 0 bridgehead atoms. The van der Waals surface area contributed by atoms with Crippen LogP contribution in [0.15, 0.2) is 47.5 Å². The van der Waals surface area contributed by atoms with Crippen LogP contribution in [0, 0.1) is 6.92 Å². The lowest BCUT2D eigenvalue weighted by atomic mass is 9.99. The van der Waals surface area contributed by atoms with Crippen LogP contribution in [0.1, 0.15) is 29.8 Å². The number of pyridine rings is 1. The largest absolute Gasteiger partial charge is 0.508 e. The van der Waals surface area contributed by atoms with E-state index in [0.717, 1.165) is 38.3 Å². The zero-order valence-corrected chi connectivity index (χ0v) is 15.1. The number of fused-ring (bicyclic) bond motifs is 2. The van der Waals surface area contributed by atoms with Crippen molar-refractivity contribution in [3.05, 3.63) is 53.7 Å². The molecule has 0 amide bonds. The van der Waals surface area contributed by atoms with E-state index in [9.17, 15) is 9.90 Å². The second-order valence-electron chi connectivity index (χ2n) is 6.79. The van der Waals surface area contributed by atoms with E-state index >= 15 is 0 Å². The van der Waals surface area contributed by atoms with Crippen molar-refractivity contribution in [3.63, 3.8) is 0 Å². The number of thioether (sulfide) groups is 1. The predicted octanol–water partition coefficient (Wildman–Crippen LogP) is 5.06. The Morgan fingerprint density at radius 1 is 1.12 bits per heavy atom. The van der Waals surface area contributed by atoms with Gasteiger partial charge in [0, 0.05) is 39.5 Å². The number of rotatable bonds is 2. The Morgan fingerprint density at radius 3 is 2.72 bits per heavy atom. The first-order valence-corrected chi connectivity index (χ1v) is 8.90. The van der Waals surface area contributed by atoms with Crippen LogP contribution >= 0.6 is 11.8 Å². The number of aromatic nitrogens is 1. The third-order valence-corrected chi connectivity index (χ3v) is 5.74. The van der Waals surface area contributed by atoms with Gasteiger partial charge in [0.2, 0.25) is 0 Å². The summed E-state index contributed by atoms with van der Waals surface area (Å²) < 4.78 is -0.435. The zero-order valence-electron chi connectivity index (χ0n) is 14.3. The molecule has 0 atom stereocenters. The SMILES string of the molecule is Cc1ccc(O)cc1Nc1ccnc2cc3c(cc12)SC(C)(C)C3=O. The van der Waals surface area contributed by atoms with Crippen LogP contribution in [0.3, 0.4) is 0 Å². The number of ketones is 1. The quantitative estimate of drug-likeness (QED) is 0.676. The molecule has 0 saturated carbocycles. The summed E-state index contributed by atoms with van der Waals surface area (Å²) in [6, 6.07) is 11.1. The van der Waals surface area contributed by atoms with Gasteiger partial charge in [0.25, 0.3) is 0 Å². The Hall–Kier alpha value is -2.53. The fourth-order valence-corrected chi connectivity index (χ4v) is 4.27. The highest BCUT2D eigenvalue weighted by atomic mass is 32.2. The lowest BCUT2D eigenvalue weighted by Crippen LogP contribution is -2.22. The fraction of sp³-hybridized carbons (Fsp3) is 0.200. The number of aromatic hydroxyl groups is 1. The van der Waals surface area contributed by atoms with Crippen LogP contribution < -0.4 is 5.32 Å². The molecule has 126 valence electrons. The molecule has 1 aromatic heterocycles. The average Bonchev–Trinajstić information content (AvgIpc) is 2.79. The maximum absolute atomic E-state index is 12.5. The highest BCUT2D eigenvalue weighted by Gasteiger charge is 2.38. The minimum atomic E-state index is -0.435. The first-order valence-electron chi connectivity index (χ1n) is 8.08. The molecule has 1 aliphatic heterocycles. The van der Waals surface area contributed by atoms with Gasteiger partial charge < -0.3 is 10.4 Å². The maximum atomic E-state index is 12.5. The standard InChI is InChI=1S/C20H18N2O2S/c1-11-4-5-12(23)8-16(11)22-15-6-7-21-17-9-14-18(10-13(15)17)25-20(2,3)19(14)24/h4-10,23H,1-3H3,(H,21,22). The summed E-state index contributed by atoms with van der Waals surface area (Å²) >= 11 is 1.59. The molecule has 0 radical (unpaired) electrons. The summed E-state index contributed by atoms with van der Waals surface area (Å²) in [7, 11) is 0. The van der Waals surface area contributed by atoms with Gasteiger partial charge in [-0.3, -0.25) is 9.78 Å². The molecule has 25 heavy (non-hydrogen) atoms. The van der Waals surface area contributed by atoms with Crippen molar-refractivity contribution in [1.29, 1.82) is 0 Å². The van der Waals surface area contributed by atoms with Crippen molar-refractivity contribution in [2.45, 2.75) is 30.4 Å². The van der Waals surface area contributed by atoms with Gasteiger partial charge in [-0.2, -0.15) is 0 Å². The van der Waals surface area contributed by atoms with Gasteiger partial charge in [-0.15, -0.1) is 11.8 Å². The molecule has 1 aliphatic rings. The van der Waals surface area contributed by atoms with E-state index in [1.165, 1.54) is 0 Å². The Morgan fingerprint density at radius 2 is 1.92 bits per heavy atom. The summed E-state index contributed by atoms with van der Waals surface area (Å²) in [5.41, 5.74) is 4.32.